The molecule has 4 nitrogen and oxygen atoms in total. The van der Waals surface area contributed by atoms with E-state index in [-0.39, 0.29) is 11.8 Å². The number of amides is 1. The highest BCUT2D eigenvalue weighted by atomic mass is 16.5. The molecule has 32 heavy (non-hydrogen) atoms. The standard InChI is InChI=1S/C28H32N2O2/c1-20-7-4-5-8-25(20)16-23-15-21(2)29-27(17-23)26-9-6-14-30(18-26)28(31)24-12-10-22(11-13-24)19-32-3/h4-5,7-8,10-13,15,17,26H,6,9,14,16,18-19H2,1-3H3. The van der Waals surface area contributed by atoms with E-state index in [2.05, 4.69) is 50.2 Å². The van der Waals surface area contributed by atoms with Crippen molar-refractivity contribution in [2.75, 3.05) is 20.2 Å². The maximum absolute atomic E-state index is 13.1. The second-order valence-corrected chi connectivity index (χ2v) is 8.87. The van der Waals surface area contributed by atoms with Crippen LogP contribution < -0.4 is 0 Å². The number of likely N-dealkylation sites (tertiary alicyclic amines) is 1. The summed E-state index contributed by atoms with van der Waals surface area (Å²) in [6, 6.07) is 20.7. The molecule has 2 aromatic carbocycles. The Morgan fingerprint density at radius 1 is 1.06 bits per heavy atom. The summed E-state index contributed by atoms with van der Waals surface area (Å²) in [7, 11) is 1.68. The fourth-order valence-corrected chi connectivity index (χ4v) is 4.60. The van der Waals surface area contributed by atoms with E-state index < -0.39 is 0 Å². The topological polar surface area (TPSA) is 42.4 Å². The monoisotopic (exact) mass is 428 g/mol. The first-order valence-electron chi connectivity index (χ1n) is 11.4. The predicted molar refractivity (Wildman–Crippen MR) is 128 cm³/mol. The fourth-order valence-electron chi connectivity index (χ4n) is 4.60. The Morgan fingerprint density at radius 2 is 1.84 bits per heavy atom. The first-order chi connectivity index (χ1) is 15.5. The molecular weight excluding hydrogens is 396 g/mol. The molecule has 4 heteroatoms. The lowest BCUT2D eigenvalue weighted by molar-refractivity contribution is 0.0706. The third-order valence-electron chi connectivity index (χ3n) is 6.33. The van der Waals surface area contributed by atoms with Crippen molar-refractivity contribution in [3.63, 3.8) is 0 Å². The lowest BCUT2D eigenvalue weighted by Gasteiger charge is -2.33. The number of pyridine rings is 1. The zero-order valence-corrected chi connectivity index (χ0v) is 19.3. The number of aryl methyl sites for hydroxylation is 2. The van der Waals surface area contributed by atoms with Crippen LogP contribution in [0.25, 0.3) is 0 Å². The van der Waals surface area contributed by atoms with Crippen molar-refractivity contribution in [2.45, 2.75) is 45.6 Å². The third-order valence-corrected chi connectivity index (χ3v) is 6.33. The number of piperidine rings is 1. The van der Waals surface area contributed by atoms with Crippen molar-refractivity contribution in [3.8, 4) is 0 Å². The maximum Gasteiger partial charge on any atom is 0.253 e. The smallest absolute Gasteiger partial charge is 0.253 e. The summed E-state index contributed by atoms with van der Waals surface area (Å²) in [5.74, 6) is 0.377. The van der Waals surface area contributed by atoms with Gasteiger partial charge in [0.15, 0.2) is 0 Å². The van der Waals surface area contributed by atoms with Gasteiger partial charge in [-0.05, 0) is 79.6 Å². The SMILES string of the molecule is COCc1ccc(C(=O)N2CCCC(c3cc(Cc4ccccc4C)cc(C)n3)C2)cc1. The number of methoxy groups -OCH3 is 1. The highest BCUT2D eigenvalue weighted by molar-refractivity contribution is 5.94. The van der Waals surface area contributed by atoms with Crippen LogP contribution in [0.3, 0.4) is 0 Å². The Balaban J connectivity index is 1.49. The summed E-state index contributed by atoms with van der Waals surface area (Å²) < 4.78 is 5.17. The summed E-state index contributed by atoms with van der Waals surface area (Å²) in [4.78, 5) is 20.0. The molecule has 1 aromatic heterocycles. The van der Waals surface area contributed by atoms with Gasteiger partial charge in [-0.1, -0.05) is 36.4 Å². The number of benzene rings is 2. The molecule has 3 aromatic rings. The Kier molecular flexibility index (Phi) is 7.01. The number of hydrogen-bond acceptors (Lipinski definition) is 3. The van der Waals surface area contributed by atoms with Gasteiger partial charge < -0.3 is 9.64 Å². The van der Waals surface area contributed by atoms with Crippen molar-refractivity contribution in [2.24, 2.45) is 0 Å². The minimum atomic E-state index is 0.103. The van der Waals surface area contributed by atoms with Crippen LogP contribution in [0.5, 0.6) is 0 Å². The van der Waals surface area contributed by atoms with Gasteiger partial charge in [-0.15, -0.1) is 0 Å². The summed E-state index contributed by atoms with van der Waals surface area (Å²) in [5.41, 5.74) is 7.92. The second kappa shape index (κ2) is 10.1. The van der Waals surface area contributed by atoms with Gasteiger partial charge in [-0.25, -0.2) is 0 Å². The molecule has 0 N–H and O–H groups in total. The molecule has 0 bridgehead atoms. The minimum absolute atomic E-state index is 0.103. The molecule has 0 spiro atoms. The van der Waals surface area contributed by atoms with E-state index in [0.29, 0.717) is 6.61 Å². The first kappa shape index (κ1) is 22.2. The summed E-state index contributed by atoms with van der Waals surface area (Å²) in [6.07, 6.45) is 2.98. The van der Waals surface area contributed by atoms with Crippen molar-refractivity contribution in [1.82, 2.24) is 9.88 Å². The Labute approximate surface area is 191 Å². The van der Waals surface area contributed by atoms with Crippen molar-refractivity contribution in [3.05, 3.63) is 99.9 Å². The first-order valence-corrected chi connectivity index (χ1v) is 11.4. The number of hydrogen-bond donors (Lipinski definition) is 0. The molecule has 1 unspecified atom stereocenters. The van der Waals surface area contributed by atoms with E-state index in [4.69, 9.17) is 9.72 Å². The normalized spacial score (nSPS) is 16.2. The average molecular weight is 429 g/mol. The number of carbonyl (C=O) groups excluding carboxylic acids is 1. The van der Waals surface area contributed by atoms with Crippen LogP contribution in [0.2, 0.25) is 0 Å². The third kappa shape index (κ3) is 5.25. The largest absolute Gasteiger partial charge is 0.380 e. The van der Waals surface area contributed by atoms with Crippen molar-refractivity contribution in [1.29, 1.82) is 0 Å². The van der Waals surface area contributed by atoms with Gasteiger partial charge in [-0.3, -0.25) is 9.78 Å². The zero-order valence-electron chi connectivity index (χ0n) is 19.3. The lowest BCUT2D eigenvalue weighted by Crippen LogP contribution is -2.39. The maximum atomic E-state index is 13.1. The van der Waals surface area contributed by atoms with Gasteiger partial charge in [0.1, 0.15) is 0 Å². The number of carbonyl (C=O) groups is 1. The van der Waals surface area contributed by atoms with E-state index in [1.165, 1.54) is 16.7 Å². The molecule has 0 saturated carbocycles. The van der Waals surface area contributed by atoms with Gasteiger partial charge in [0, 0.05) is 43.1 Å². The number of nitrogens with zero attached hydrogens (tertiary/aromatic N) is 2. The quantitative estimate of drug-likeness (QED) is 0.524. The molecule has 0 aliphatic carbocycles. The van der Waals surface area contributed by atoms with E-state index in [1.54, 1.807) is 7.11 Å². The highest BCUT2D eigenvalue weighted by Gasteiger charge is 2.26. The second-order valence-electron chi connectivity index (χ2n) is 8.87. The number of ether oxygens (including phenoxy) is 1. The van der Waals surface area contributed by atoms with Crippen LogP contribution in [0.1, 0.15) is 62.8 Å². The van der Waals surface area contributed by atoms with Crippen LogP contribution in [0.15, 0.2) is 60.7 Å². The van der Waals surface area contributed by atoms with Gasteiger partial charge in [0.2, 0.25) is 0 Å². The summed E-state index contributed by atoms with van der Waals surface area (Å²) in [6.45, 7) is 6.31. The molecule has 4 rings (SSSR count). The number of aromatic nitrogens is 1. The minimum Gasteiger partial charge on any atom is -0.380 e. The van der Waals surface area contributed by atoms with Gasteiger partial charge in [0.05, 0.1) is 6.61 Å². The zero-order chi connectivity index (χ0) is 22.5. The van der Waals surface area contributed by atoms with Crippen LogP contribution >= 0.6 is 0 Å². The van der Waals surface area contributed by atoms with Gasteiger partial charge in [0.25, 0.3) is 5.91 Å². The van der Waals surface area contributed by atoms with Crippen LogP contribution in [0.4, 0.5) is 0 Å². The van der Waals surface area contributed by atoms with Gasteiger partial charge in [-0.2, -0.15) is 0 Å². The van der Waals surface area contributed by atoms with Gasteiger partial charge >= 0.3 is 0 Å². The highest BCUT2D eigenvalue weighted by Crippen LogP contribution is 2.28. The Hall–Kier alpha value is -2.98. The van der Waals surface area contributed by atoms with Crippen LogP contribution in [-0.4, -0.2) is 36.0 Å². The molecule has 1 atom stereocenters. The Morgan fingerprint density at radius 3 is 2.59 bits per heavy atom. The van der Waals surface area contributed by atoms with Crippen LogP contribution in [0, 0.1) is 13.8 Å². The number of rotatable bonds is 6. The molecule has 1 saturated heterocycles. The predicted octanol–water partition coefficient (Wildman–Crippen LogP) is 5.46. The molecule has 0 radical (unpaired) electrons. The molecule has 1 aliphatic rings. The average Bonchev–Trinajstić information content (AvgIpc) is 2.81. The van der Waals surface area contributed by atoms with E-state index in [0.717, 1.165) is 54.9 Å². The molecule has 166 valence electrons. The summed E-state index contributed by atoms with van der Waals surface area (Å²) >= 11 is 0. The summed E-state index contributed by atoms with van der Waals surface area (Å²) in [5, 5.41) is 0. The van der Waals surface area contributed by atoms with Crippen LogP contribution in [-0.2, 0) is 17.8 Å². The lowest BCUT2D eigenvalue weighted by atomic mass is 9.91. The molecule has 1 aliphatic heterocycles. The molecule has 1 amide bonds. The molecular formula is C28H32N2O2. The van der Waals surface area contributed by atoms with E-state index >= 15 is 0 Å². The van der Waals surface area contributed by atoms with Crippen molar-refractivity contribution >= 4 is 5.91 Å². The molecule has 1 fully saturated rings. The van der Waals surface area contributed by atoms with E-state index in [9.17, 15) is 4.79 Å². The molecule has 2 heterocycles. The Bertz CT molecular complexity index is 1080. The van der Waals surface area contributed by atoms with E-state index in [1.807, 2.05) is 29.2 Å². The van der Waals surface area contributed by atoms with Crippen molar-refractivity contribution < 1.29 is 9.53 Å². The fraction of sp³-hybridized carbons (Fsp3) is 0.357.